The lowest BCUT2D eigenvalue weighted by Crippen LogP contribution is -2.36. The van der Waals surface area contributed by atoms with Crippen LogP contribution < -0.4 is 10.2 Å². The summed E-state index contributed by atoms with van der Waals surface area (Å²) in [6, 6.07) is 8.99. The fourth-order valence-electron chi connectivity index (χ4n) is 3.38. The molecular weight excluding hydrogens is 432 g/mol. The molecule has 0 aliphatic carbocycles. The van der Waals surface area contributed by atoms with Crippen molar-refractivity contribution < 1.29 is 18.7 Å². The van der Waals surface area contributed by atoms with Crippen LogP contribution in [0.2, 0.25) is 10.0 Å². The predicted octanol–water partition coefficient (Wildman–Crippen LogP) is 4.06. The van der Waals surface area contributed by atoms with Crippen LogP contribution in [0.3, 0.4) is 0 Å². The van der Waals surface area contributed by atoms with E-state index in [0.29, 0.717) is 53.2 Å². The maximum absolute atomic E-state index is 14.6. The molecule has 2 aliphatic heterocycles. The van der Waals surface area contributed by atoms with E-state index in [1.165, 1.54) is 12.1 Å². The third-order valence-electron chi connectivity index (χ3n) is 4.94. The number of nitrogens with one attached hydrogen (secondary N) is 1. The third-order valence-corrected chi connectivity index (χ3v) is 5.53. The molecule has 2 aromatic carbocycles. The number of rotatable bonds is 4. The summed E-state index contributed by atoms with van der Waals surface area (Å²) in [4.78, 5) is 27.9. The number of hydrogen-bond donors (Lipinski definition) is 1. The Morgan fingerprint density at radius 1 is 1.10 bits per heavy atom. The first-order chi connectivity index (χ1) is 14.4. The Morgan fingerprint density at radius 2 is 1.87 bits per heavy atom. The zero-order valence-corrected chi connectivity index (χ0v) is 17.3. The van der Waals surface area contributed by atoms with Crippen molar-refractivity contribution in [2.24, 2.45) is 0 Å². The van der Waals surface area contributed by atoms with E-state index in [1.807, 2.05) is 4.90 Å². The molecule has 0 radical (unpaired) electrons. The van der Waals surface area contributed by atoms with E-state index in [0.717, 1.165) is 4.90 Å². The monoisotopic (exact) mass is 449 g/mol. The molecular formula is C21H18Cl2FN3O3. The zero-order chi connectivity index (χ0) is 21.3. The minimum Gasteiger partial charge on any atom is -0.378 e. The van der Waals surface area contributed by atoms with Gasteiger partial charge in [0.1, 0.15) is 11.5 Å². The first-order valence-electron chi connectivity index (χ1n) is 9.33. The maximum Gasteiger partial charge on any atom is 0.329 e. The molecule has 2 aliphatic rings. The highest BCUT2D eigenvalue weighted by Crippen LogP contribution is 2.26. The highest BCUT2D eigenvalue weighted by Gasteiger charge is 2.34. The summed E-state index contributed by atoms with van der Waals surface area (Å²) in [5.74, 6) is -0.906. The number of carbonyl (C=O) groups is 2. The van der Waals surface area contributed by atoms with Crippen molar-refractivity contribution >= 4 is 46.9 Å². The van der Waals surface area contributed by atoms with Crippen LogP contribution in [-0.4, -0.2) is 43.1 Å². The van der Waals surface area contributed by atoms with E-state index in [-0.39, 0.29) is 12.2 Å². The minimum absolute atomic E-state index is 0.00232. The number of morpholine rings is 1. The number of amides is 3. The average Bonchev–Trinajstić information content (AvgIpc) is 2.98. The largest absolute Gasteiger partial charge is 0.378 e. The minimum atomic E-state index is -0.567. The number of carbonyl (C=O) groups excluding carboxylic acids is 2. The van der Waals surface area contributed by atoms with Crippen LogP contribution >= 0.6 is 23.2 Å². The molecule has 4 rings (SSSR count). The number of imide groups is 1. The van der Waals surface area contributed by atoms with Crippen LogP contribution in [0.25, 0.3) is 6.08 Å². The maximum atomic E-state index is 14.6. The molecule has 2 saturated heterocycles. The van der Waals surface area contributed by atoms with Gasteiger partial charge in [-0.05, 0) is 41.5 Å². The molecule has 0 bridgehead atoms. The molecule has 3 amide bonds. The van der Waals surface area contributed by atoms with Gasteiger partial charge in [-0.15, -0.1) is 0 Å². The molecule has 2 heterocycles. The van der Waals surface area contributed by atoms with Gasteiger partial charge in [-0.2, -0.15) is 0 Å². The second-order valence-corrected chi connectivity index (χ2v) is 7.77. The molecule has 2 fully saturated rings. The predicted molar refractivity (Wildman–Crippen MR) is 113 cm³/mol. The normalized spacial score (nSPS) is 18.3. The van der Waals surface area contributed by atoms with Gasteiger partial charge in [-0.3, -0.25) is 9.69 Å². The summed E-state index contributed by atoms with van der Waals surface area (Å²) in [6.07, 6.45) is 1.45. The van der Waals surface area contributed by atoms with Gasteiger partial charge in [0.05, 0.1) is 25.4 Å². The summed E-state index contributed by atoms with van der Waals surface area (Å²) in [5.41, 5.74) is 1.62. The topological polar surface area (TPSA) is 61.9 Å². The summed E-state index contributed by atoms with van der Waals surface area (Å²) < 4.78 is 19.9. The molecule has 0 atom stereocenters. The lowest BCUT2D eigenvalue weighted by molar-refractivity contribution is -0.123. The van der Waals surface area contributed by atoms with E-state index in [9.17, 15) is 14.0 Å². The Balaban J connectivity index is 1.52. The van der Waals surface area contributed by atoms with Gasteiger partial charge in [0, 0.05) is 23.1 Å². The van der Waals surface area contributed by atoms with Crippen LogP contribution in [-0.2, 0) is 16.1 Å². The lowest BCUT2D eigenvalue weighted by atomic mass is 10.1. The smallest absolute Gasteiger partial charge is 0.329 e. The van der Waals surface area contributed by atoms with E-state index in [2.05, 4.69) is 5.32 Å². The molecule has 0 aromatic heterocycles. The van der Waals surface area contributed by atoms with Crippen LogP contribution in [0.15, 0.2) is 42.1 Å². The van der Waals surface area contributed by atoms with E-state index >= 15 is 0 Å². The fourth-order valence-corrected chi connectivity index (χ4v) is 3.84. The van der Waals surface area contributed by atoms with Gasteiger partial charge in [-0.25, -0.2) is 9.18 Å². The summed E-state index contributed by atoms with van der Waals surface area (Å²) in [6.45, 7) is 2.35. The molecule has 1 N–H and O–H groups in total. The first kappa shape index (κ1) is 20.7. The molecule has 0 saturated carbocycles. The Bertz CT molecular complexity index is 1040. The van der Waals surface area contributed by atoms with Gasteiger partial charge in [0.15, 0.2) is 0 Å². The van der Waals surface area contributed by atoms with Crippen LogP contribution in [0.1, 0.15) is 11.1 Å². The number of benzene rings is 2. The SMILES string of the molecule is O=C1N/C(=C\c2ccc(N3CCOCC3)c(F)c2)C(=O)N1Cc1ccc(Cl)cc1Cl. The number of urea groups is 1. The van der Waals surface area contributed by atoms with Crippen molar-refractivity contribution in [1.29, 1.82) is 0 Å². The fraction of sp³-hybridized carbons (Fsp3) is 0.238. The molecule has 0 spiro atoms. The van der Waals surface area contributed by atoms with Gasteiger partial charge in [0.2, 0.25) is 0 Å². The number of anilines is 1. The summed E-state index contributed by atoms with van der Waals surface area (Å²) in [7, 11) is 0. The van der Waals surface area contributed by atoms with Gasteiger partial charge in [-0.1, -0.05) is 35.3 Å². The van der Waals surface area contributed by atoms with E-state index in [4.69, 9.17) is 27.9 Å². The van der Waals surface area contributed by atoms with Gasteiger partial charge in [0.25, 0.3) is 5.91 Å². The molecule has 0 unspecified atom stereocenters. The lowest BCUT2D eigenvalue weighted by Gasteiger charge is -2.29. The van der Waals surface area contributed by atoms with Crippen molar-refractivity contribution in [3.63, 3.8) is 0 Å². The van der Waals surface area contributed by atoms with E-state index < -0.39 is 17.8 Å². The van der Waals surface area contributed by atoms with Gasteiger partial charge < -0.3 is 15.0 Å². The highest BCUT2D eigenvalue weighted by atomic mass is 35.5. The third kappa shape index (κ3) is 4.28. The van der Waals surface area contributed by atoms with Crippen LogP contribution in [0, 0.1) is 5.82 Å². The Labute approximate surface area is 182 Å². The molecule has 30 heavy (non-hydrogen) atoms. The van der Waals surface area contributed by atoms with Crippen LogP contribution in [0.4, 0.5) is 14.9 Å². The van der Waals surface area contributed by atoms with Crippen molar-refractivity contribution in [2.75, 3.05) is 31.2 Å². The summed E-state index contributed by atoms with van der Waals surface area (Å²) >= 11 is 12.0. The number of halogens is 3. The average molecular weight is 450 g/mol. The van der Waals surface area contributed by atoms with Crippen LogP contribution in [0.5, 0.6) is 0 Å². The number of ether oxygens (including phenoxy) is 1. The molecule has 156 valence electrons. The van der Waals surface area contributed by atoms with E-state index in [1.54, 1.807) is 30.3 Å². The second-order valence-electron chi connectivity index (χ2n) is 6.93. The molecule has 9 heteroatoms. The summed E-state index contributed by atoms with van der Waals surface area (Å²) in [5, 5.41) is 3.36. The molecule has 6 nitrogen and oxygen atoms in total. The number of hydrogen-bond acceptors (Lipinski definition) is 4. The Kier molecular flexibility index (Phi) is 5.94. The Morgan fingerprint density at radius 3 is 2.57 bits per heavy atom. The highest BCUT2D eigenvalue weighted by molar-refractivity contribution is 6.35. The van der Waals surface area contributed by atoms with Gasteiger partial charge >= 0.3 is 6.03 Å². The molecule has 2 aromatic rings. The Hall–Kier alpha value is -2.61. The standard InChI is InChI=1S/C21H18Cl2FN3O3/c22-15-3-2-14(16(23)11-15)12-27-20(28)18(25-21(27)29)10-13-1-4-19(17(24)9-13)26-5-7-30-8-6-26/h1-4,9-11H,5-8,12H2,(H,25,29)/b18-10-. The van der Waals surface area contributed by atoms with Crippen molar-refractivity contribution in [2.45, 2.75) is 6.54 Å². The quantitative estimate of drug-likeness (QED) is 0.564. The van der Waals surface area contributed by atoms with Crippen molar-refractivity contribution in [3.05, 3.63) is 69.1 Å². The first-order valence-corrected chi connectivity index (χ1v) is 10.1. The number of nitrogens with zero attached hydrogens (tertiary/aromatic N) is 2. The van der Waals surface area contributed by atoms with Crippen molar-refractivity contribution in [1.82, 2.24) is 10.2 Å². The second kappa shape index (κ2) is 8.63. The zero-order valence-electron chi connectivity index (χ0n) is 15.8. The van der Waals surface area contributed by atoms with Crippen molar-refractivity contribution in [3.8, 4) is 0 Å².